The highest BCUT2D eigenvalue weighted by atomic mass is 19.1. The smallest absolute Gasteiger partial charge is 0.314 e. The van der Waals surface area contributed by atoms with Crippen molar-refractivity contribution in [3.8, 4) is 0 Å². The van der Waals surface area contributed by atoms with Crippen molar-refractivity contribution >= 4 is 11.9 Å². The van der Waals surface area contributed by atoms with Crippen molar-refractivity contribution in [1.29, 1.82) is 0 Å². The van der Waals surface area contributed by atoms with Crippen LogP contribution < -0.4 is 10.6 Å². The normalized spacial score (nSPS) is 15.5. The first kappa shape index (κ1) is 18.2. The molecule has 1 aromatic rings. The second kappa shape index (κ2) is 8.66. The Hall–Kier alpha value is -2.11. The monoisotopic (exact) mass is 335 g/mol. The van der Waals surface area contributed by atoms with Crippen molar-refractivity contribution in [3.05, 3.63) is 34.9 Å². The SMILES string of the molecule is Cc1ccc(C(F)CNC(=O)NCCCN2CCCC2=O)cc1C. The summed E-state index contributed by atoms with van der Waals surface area (Å²) in [5, 5.41) is 5.24. The van der Waals surface area contributed by atoms with Crippen molar-refractivity contribution in [2.24, 2.45) is 0 Å². The van der Waals surface area contributed by atoms with Crippen LogP contribution in [0.1, 0.15) is 42.1 Å². The third kappa shape index (κ3) is 5.22. The summed E-state index contributed by atoms with van der Waals surface area (Å²) in [5.41, 5.74) is 2.73. The quantitative estimate of drug-likeness (QED) is 0.753. The maximum absolute atomic E-state index is 14.2. The van der Waals surface area contributed by atoms with Crippen LogP contribution >= 0.6 is 0 Å². The van der Waals surface area contributed by atoms with E-state index in [0.717, 1.165) is 24.1 Å². The predicted molar refractivity (Wildman–Crippen MR) is 91.6 cm³/mol. The number of aryl methyl sites for hydroxylation is 2. The molecule has 0 bridgehead atoms. The van der Waals surface area contributed by atoms with Gasteiger partial charge in [-0.25, -0.2) is 9.18 Å². The van der Waals surface area contributed by atoms with Crippen LogP contribution in [0.5, 0.6) is 0 Å². The Morgan fingerprint density at radius 2 is 2.08 bits per heavy atom. The second-order valence-corrected chi connectivity index (χ2v) is 6.29. The van der Waals surface area contributed by atoms with E-state index in [4.69, 9.17) is 0 Å². The molecule has 2 rings (SSSR count). The Balaban J connectivity index is 1.63. The Morgan fingerprint density at radius 3 is 2.75 bits per heavy atom. The van der Waals surface area contributed by atoms with Crippen LogP contribution in [0, 0.1) is 13.8 Å². The summed E-state index contributed by atoms with van der Waals surface area (Å²) in [6.45, 7) is 5.80. The van der Waals surface area contributed by atoms with Gasteiger partial charge < -0.3 is 15.5 Å². The van der Waals surface area contributed by atoms with Crippen molar-refractivity contribution in [3.63, 3.8) is 0 Å². The second-order valence-electron chi connectivity index (χ2n) is 6.29. The number of nitrogens with one attached hydrogen (secondary N) is 2. The molecule has 1 fully saturated rings. The van der Waals surface area contributed by atoms with Gasteiger partial charge in [-0.2, -0.15) is 0 Å². The highest BCUT2D eigenvalue weighted by Crippen LogP contribution is 2.19. The van der Waals surface area contributed by atoms with E-state index in [9.17, 15) is 14.0 Å². The third-order valence-corrected chi connectivity index (χ3v) is 4.40. The van der Waals surface area contributed by atoms with E-state index in [1.54, 1.807) is 6.07 Å². The number of halogens is 1. The number of hydrogen-bond donors (Lipinski definition) is 2. The van der Waals surface area contributed by atoms with E-state index >= 15 is 0 Å². The largest absolute Gasteiger partial charge is 0.343 e. The molecular formula is C18H26FN3O2. The molecule has 2 N–H and O–H groups in total. The van der Waals surface area contributed by atoms with Gasteiger partial charge in [0.15, 0.2) is 0 Å². The minimum absolute atomic E-state index is 0.0566. The van der Waals surface area contributed by atoms with Crippen LogP contribution in [0.15, 0.2) is 18.2 Å². The number of carbonyl (C=O) groups excluding carboxylic acids is 2. The summed E-state index contributed by atoms with van der Waals surface area (Å²) in [6, 6.07) is 5.07. The average molecular weight is 335 g/mol. The minimum atomic E-state index is -1.22. The van der Waals surface area contributed by atoms with Gasteiger partial charge in [-0.1, -0.05) is 18.2 Å². The molecule has 132 valence electrons. The van der Waals surface area contributed by atoms with Gasteiger partial charge in [-0.05, 0) is 43.4 Å². The number of amides is 3. The van der Waals surface area contributed by atoms with Gasteiger partial charge in [0, 0.05) is 26.1 Å². The van der Waals surface area contributed by atoms with Crippen molar-refractivity contribution in [2.75, 3.05) is 26.2 Å². The Kier molecular flexibility index (Phi) is 6.58. The summed E-state index contributed by atoms with van der Waals surface area (Å²) >= 11 is 0. The molecule has 24 heavy (non-hydrogen) atoms. The topological polar surface area (TPSA) is 61.4 Å². The Labute approximate surface area is 142 Å². The number of rotatable bonds is 7. The lowest BCUT2D eigenvalue weighted by atomic mass is 10.0. The molecule has 0 saturated carbocycles. The molecule has 1 heterocycles. The number of benzene rings is 1. The van der Waals surface area contributed by atoms with E-state index in [-0.39, 0.29) is 18.5 Å². The van der Waals surface area contributed by atoms with Gasteiger partial charge in [0.1, 0.15) is 6.17 Å². The first-order chi connectivity index (χ1) is 11.5. The number of nitrogens with zero attached hydrogens (tertiary/aromatic N) is 1. The van der Waals surface area contributed by atoms with E-state index in [1.165, 1.54) is 0 Å². The molecule has 1 aromatic carbocycles. The molecule has 1 aliphatic rings. The van der Waals surface area contributed by atoms with Crippen molar-refractivity contribution in [2.45, 2.75) is 39.3 Å². The molecule has 3 amide bonds. The highest BCUT2D eigenvalue weighted by Gasteiger charge is 2.19. The predicted octanol–water partition coefficient (Wildman–Crippen LogP) is 2.63. The fourth-order valence-electron chi connectivity index (χ4n) is 2.73. The van der Waals surface area contributed by atoms with Gasteiger partial charge in [-0.3, -0.25) is 4.79 Å². The number of urea groups is 1. The summed E-state index contributed by atoms with van der Waals surface area (Å²) < 4.78 is 14.2. The number of hydrogen-bond acceptors (Lipinski definition) is 2. The van der Waals surface area contributed by atoms with E-state index in [0.29, 0.717) is 31.5 Å². The van der Waals surface area contributed by atoms with E-state index < -0.39 is 6.17 Å². The summed E-state index contributed by atoms with van der Waals surface area (Å²) in [6.07, 6.45) is 1.03. The lowest BCUT2D eigenvalue weighted by Gasteiger charge is -2.16. The van der Waals surface area contributed by atoms with Gasteiger partial charge in [0.05, 0.1) is 6.54 Å². The van der Waals surface area contributed by atoms with Crippen LogP contribution in [0.25, 0.3) is 0 Å². The van der Waals surface area contributed by atoms with E-state index in [1.807, 2.05) is 30.9 Å². The molecule has 0 aromatic heterocycles. The van der Waals surface area contributed by atoms with Crippen molar-refractivity contribution in [1.82, 2.24) is 15.5 Å². The third-order valence-electron chi connectivity index (χ3n) is 4.40. The van der Waals surface area contributed by atoms with Gasteiger partial charge >= 0.3 is 6.03 Å². The summed E-state index contributed by atoms with van der Waals surface area (Å²) in [5.74, 6) is 0.188. The number of carbonyl (C=O) groups is 2. The maximum Gasteiger partial charge on any atom is 0.314 e. The van der Waals surface area contributed by atoms with E-state index in [2.05, 4.69) is 10.6 Å². The summed E-state index contributed by atoms with van der Waals surface area (Å²) in [4.78, 5) is 25.0. The zero-order valence-electron chi connectivity index (χ0n) is 14.4. The molecule has 1 atom stereocenters. The van der Waals surface area contributed by atoms with Crippen LogP contribution in [-0.2, 0) is 4.79 Å². The Bertz CT molecular complexity index is 592. The first-order valence-corrected chi connectivity index (χ1v) is 8.48. The highest BCUT2D eigenvalue weighted by molar-refractivity contribution is 5.78. The molecule has 1 aliphatic heterocycles. The molecule has 5 nitrogen and oxygen atoms in total. The van der Waals surface area contributed by atoms with Crippen LogP contribution in [0.2, 0.25) is 0 Å². The van der Waals surface area contributed by atoms with Crippen molar-refractivity contribution < 1.29 is 14.0 Å². The zero-order valence-corrected chi connectivity index (χ0v) is 14.4. The fourth-order valence-corrected chi connectivity index (χ4v) is 2.73. The molecule has 1 unspecified atom stereocenters. The molecule has 1 saturated heterocycles. The van der Waals surface area contributed by atoms with Gasteiger partial charge in [0.25, 0.3) is 0 Å². The fraction of sp³-hybridized carbons (Fsp3) is 0.556. The number of alkyl halides is 1. The average Bonchev–Trinajstić information content (AvgIpc) is 2.97. The maximum atomic E-state index is 14.2. The lowest BCUT2D eigenvalue weighted by Crippen LogP contribution is -2.38. The molecule has 0 spiro atoms. The van der Waals surface area contributed by atoms with Crippen LogP contribution in [-0.4, -0.2) is 43.0 Å². The van der Waals surface area contributed by atoms with Crippen LogP contribution in [0.3, 0.4) is 0 Å². The molecule has 6 heteroatoms. The van der Waals surface area contributed by atoms with Crippen LogP contribution in [0.4, 0.5) is 9.18 Å². The molecule has 0 aliphatic carbocycles. The standard InChI is InChI=1S/C18H26FN3O2/c1-13-6-7-15(11-14(13)2)16(19)12-21-18(24)20-8-4-10-22-9-3-5-17(22)23/h6-7,11,16H,3-5,8-10,12H2,1-2H3,(H2,20,21,24). The molecule has 0 radical (unpaired) electrons. The molecular weight excluding hydrogens is 309 g/mol. The first-order valence-electron chi connectivity index (χ1n) is 8.48. The number of likely N-dealkylation sites (tertiary alicyclic amines) is 1. The Morgan fingerprint density at radius 1 is 1.29 bits per heavy atom. The zero-order chi connectivity index (χ0) is 17.5. The summed E-state index contributed by atoms with van der Waals surface area (Å²) in [7, 11) is 0. The van der Waals surface area contributed by atoms with Gasteiger partial charge in [0.2, 0.25) is 5.91 Å². The minimum Gasteiger partial charge on any atom is -0.343 e. The van der Waals surface area contributed by atoms with Gasteiger partial charge in [-0.15, -0.1) is 0 Å². The lowest BCUT2D eigenvalue weighted by molar-refractivity contribution is -0.127.